The lowest BCUT2D eigenvalue weighted by atomic mass is 10.0. The van der Waals surface area contributed by atoms with Crippen molar-refractivity contribution in [1.29, 1.82) is 0 Å². The van der Waals surface area contributed by atoms with Gasteiger partial charge in [-0.15, -0.1) is 0 Å². The number of aromatic hydroxyl groups is 1. The molecule has 1 atom stereocenters. The van der Waals surface area contributed by atoms with Crippen molar-refractivity contribution in [2.75, 3.05) is 7.11 Å². The highest BCUT2D eigenvalue weighted by Crippen LogP contribution is 2.20. The van der Waals surface area contributed by atoms with Gasteiger partial charge in [-0.05, 0) is 23.8 Å². The average molecular weight is 239 g/mol. The maximum atomic E-state index is 11.1. The topological polar surface area (TPSA) is 110 Å². The van der Waals surface area contributed by atoms with Gasteiger partial charge < -0.3 is 20.7 Å². The molecule has 1 rings (SSSR count). The second kappa shape index (κ2) is 5.31. The SMILES string of the molecule is COC(=O)[C@@H](N)Cc1cc(C(=O)O)ccc1O. The van der Waals surface area contributed by atoms with Crippen molar-refractivity contribution >= 4 is 11.9 Å². The molecular formula is C11H13NO5. The molecule has 0 amide bonds. The minimum atomic E-state index is -1.11. The number of nitrogens with two attached hydrogens (primary N) is 1. The van der Waals surface area contributed by atoms with Crippen LogP contribution in [-0.4, -0.2) is 35.3 Å². The fourth-order valence-corrected chi connectivity index (χ4v) is 1.35. The Bertz CT molecular complexity index is 443. The molecule has 0 heterocycles. The molecule has 6 heteroatoms. The Hall–Kier alpha value is -2.08. The zero-order valence-electron chi connectivity index (χ0n) is 9.21. The number of carbonyl (C=O) groups is 2. The zero-order valence-corrected chi connectivity index (χ0v) is 9.21. The summed E-state index contributed by atoms with van der Waals surface area (Å²) < 4.78 is 4.44. The molecule has 0 saturated heterocycles. The van der Waals surface area contributed by atoms with Crippen LogP contribution < -0.4 is 5.73 Å². The largest absolute Gasteiger partial charge is 0.508 e. The molecule has 6 nitrogen and oxygen atoms in total. The van der Waals surface area contributed by atoms with Gasteiger partial charge in [0.2, 0.25) is 0 Å². The number of rotatable bonds is 4. The van der Waals surface area contributed by atoms with E-state index in [1.807, 2.05) is 0 Å². The standard InChI is InChI=1S/C11H13NO5/c1-17-11(16)8(12)5-7-4-6(10(14)15)2-3-9(7)13/h2-4,8,13H,5,12H2,1H3,(H,14,15)/t8-/m0/s1. The minimum Gasteiger partial charge on any atom is -0.508 e. The number of ether oxygens (including phenoxy) is 1. The van der Waals surface area contributed by atoms with Gasteiger partial charge in [-0.25, -0.2) is 4.79 Å². The van der Waals surface area contributed by atoms with E-state index >= 15 is 0 Å². The zero-order chi connectivity index (χ0) is 13.0. The van der Waals surface area contributed by atoms with Gasteiger partial charge in [-0.2, -0.15) is 0 Å². The Balaban J connectivity index is 2.93. The molecule has 0 fully saturated rings. The van der Waals surface area contributed by atoms with Crippen LogP contribution in [0.2, 0.25) is 0 Å². The van der Waals surface area contributed by atoms with E-state index in [9.17, 15) is 14.7 Å². The summed E-state index contributed by atoms with van der Waals surface area (Å²) in [7, 11) is 1.20. The van der Waals surface area contributed by atoms with Gasteiger partial charge in [0, 0.05) is 6.42 Å². The van der Waals surface area contributed by atoms with Crippen molar-refractivity contribution < 1.29 is 24.5 Å². The van der Waals surface area contributed by atoms with Crippen molar-refractivity contribution in [3.05, 3.63) is 29.3 Å². The first-order valence-corrected chi connectivity index (χ1v) is 4.84. The van der Waals surface area contributed by atoms with Crippen LogP contribution >= 0.6 is 0 Å². The first-order chi connectivity index (χ1) is 7.95. The van der Waals surface area contributed by atoms with Crippen LogP contribution in [0.3, 0.4) is 0 Å². The third-order valence-electron chi connectivity index (χ3n) is 2.27. The quantitative estimate of drug-likeness (QED) is 0.644. The molecule has 0 aromatic heterocycles. The second-order valence-electron chi connectivity index (χ2n) is 3.48. The molecule has 0 unspecified atom stereocenters. The molecule has 1 aromatic carbocycles. The summed E-state index contributed by atoms with van der Waals surface area (Å²) in [5.41, 5.74) is 5.84. The highest BCUT2D eigenvalue weighted by atomic mass is 16.5. The Morgan fingerprint density at radius 3 is 2.65 bits per heavy atom. The Morgan fingerprint density at radius 1 is 1.47 bits per heavy atom. The number of carbonyl (C=O) groups excluding carboxylic acids is 1. The number of carboxylic acid groups (broad SMARTS) is 1. The van der Waals surface area contributed by atoms with E-state index in [4.69, 9.17) is 10.8 Å². The highest BCUT2D eigenvalue weighted by molar-refractivity contribution is 5.88. The van der Waals surface area contributed by atoms with Crippen LogP contribution in [0.1, 0.15) is 15.9 Å². The molecule has 0 saturated carbocycles. The van der Waals surface area contributed by atoms with Gasteiger partial charge in [-0.3, -0.25) is 4.79 Å². The van der Waals surface area contributed by atoms with Crippen LogP contribution in [0, 0.1) is 0 Å². The fourth-order valence-electron chi connectivity index (χ4n) is 1.35. The number of methoxy groups -OCH3 is 1. The van der Waals surface area contributed by atoms with Crippen LogP contribution in [0.4, 0.5) is 0 Å². The smallest absolute Gasteiger partial charge is 0.335 e. The normalized spacial score (nSPS) is 11.9. The molecule has 0 aliphatic heterocycles. The van der Waals surface area contributed by atoms with Crippen LogP contribution in [0.25, 0.3) is 0 Å². The number of phenolic OH excluding ortho intramolecular Hbond substituents is 1. The first-order valence-electron chi connectivity index (χ1n) is 4.84. The summed E-state index contributed by atoms with van der Waals surface area (Å²) >= 11 is 0. The molecule has 0 bridgehead atoms. The second-order valence-corrected chi connectivity index (χ2v) is 3.48. The summed E-state index contributed by atoms with van der Waals surface area (Å²) in [5, 5.41) is 18.3. The van der Waals surface area contributed by atoms with Gasteiger partial charge in [0.1, 0.15) is 11.8 Å². The van der Waals surface area contributed by atoms with Gasteiger partial charge in [0.15, 0.2) is 0 Å². The summed E-state index contributed by atoms with van der Waals surface area (Å²) in [6.07, 6.45) is 0.0135. The molecular weight excluding hydrogens is 226 g/mol. The number of aromatic carboxylic acids is 1. The lowest BCUT2D eigenvalue weighted by molar-refractivity contribution is -0.142. The van der Waals surface area contributed by atoms with E-state index in [2.05, 4.69) is 4.74 Å². The van der Waals surface area contributed by atoms with Crippen molar-refractivity contribution in [3.63, 3.8) is 0 Å². The van der Waals surface area contributed by atoms with E-state index in [1.54, 1.807) is 0 Å². The maximum Gasteiger partial charge on any atom is 0.335 e. The monoisotopic (exact) mass is 239 g/mol. The predicted octanol–water partition coefficient (Wildman–Crippen LogP) is 0.133. The molecule has 0 aliphatic rings. The number of hydrogen-bond donors (Lipinski definition) is 3. The Labute approximate surface area is 97.6 Å². The lowest BCUT2D eigenvalue weighted by Crippen LogP contribution is -2.33. The molecule has 0 radical (unpaired) electrons. The number of carboxylic acids is 1. The van der Waals surface area contributed by atoms with E-state index in [1.165, 1.54) is 25.3 Å². The number of benzene rings is 1. The summed E-state index contributed by atoms with van der Waals surface area (Å²) in [6, 6.07) is 2.86. The Kier molecular flexibility index (Phi) is 4.06. The van der Waals surface area contributed by atoms with Crippen molar-refractivity contribution in [1.82, 2.24) is 0 Å². The molecule has 1 aromatic rings. The van der Waals surface area contributed by atoms with Crippen LogP contribution in [-0.2, 0) is 16.0 Å². The molecule has 17 heavy (non-hydrogen) atoms. The molecule has 4 N–H and O–H groups in total. The van der Waals surface area contributed by atoms with E-state index in [0.717, 1.165) is 0 Å². The van der Waals surface area contributed by atoms with Crippen LogP contribution in [0.15, 0.2) is 18.2 Å². The number of phenols is 1. The average Bonchev–Trinajstić information content (AvgIpc) is 2.30. The van der Waals surface area contributed by atoms with E-state index < -0.39 is 18.0 Å². The van der Waals surface area contributed by atoms with Gasteiger partial charge in [0.25, 0.3) is 0 Å². The molecule has 0 spiro atoms. The van der Waals surface area contributed by atoms with Crippen molar-refractivity contribution in [2.45, 2.75) is 12.5 Å². The maximum absolute atomic E-state index is 11.1. The fraction of sp³-hybridized carbons (Fsp3) is 0.273. The van der Waals surface area contributed by atoms with Gasteiger partial charge in [0.05, 0.1) is 12.7 Å². The minimum absolute atomic E-state index is 0.0135. The first kappa shape index (κ1) is 13.0. The molecule has 92 valence electrons. The number of hydrogen-bond acceptors (Lipinski definition) is 5. The van der Waals surface area contributed by atoms with Crippen LogP contribution in [0.5, 0.6) is 5.75 Å². The Morgan fingerprint density at radius 2 is 2.12 bits per heavy atom. The number of esters is 1. The lowest BCUT2D eigenvalue weighted by Gasteiger charge is -2.11. The van der Waals surface area contributed by atoms with Gasteiger partial charge >= 0.3 is 11.9 Å². The summed E-state index contributed by atoms with van der Waals surface area (Å²) in [4.78, 5) is 21.8. The van der Waals surface area contributed by atoms with E-state index in [-0.39, 0.29) is 17.7 Å². The third kappa shape index (κ3) is 3.18. The van der Waals surface area contributed by atoms with Crippen molar-refractivity contribution in [3.8, 4) is 5.75 Å². The molecule has 0 aliphatic carbocycles. The summed E-state index contributed by atoms with van der Waals surface area (Å²) in [5.74, 6) is -1.84. The summed E-state index contributed by atoms with van der Waals surface area (Å²) in [6.45, 7) is 0. The predicted molar refractivity (Wildman–Crippen MR) is 58.8 cm³/mol. The third-order valence-corrected chi connectivity index (χ3v) is 2.27. The van der Waals surface area contributed by atoms with E-state index in [0.29, 0.717) is 5.56 Å². The van der Waals surface area contributed by atoms with Gasteiger partial charge in [-0.1, -0.05) is 0 Å². The van der Waals surface area contributed by atoms with Crippen molar-refractivity contribution in [2.24, 2.45) is 5.73 Å². The highest BCUT2D eigenvalue weighted by Gasteiger charge is 2.17.